The summed E-state index contributed by atoms with van der Waals surface area (Å²) in [7, 11) is 1.82. The quantitative estimate of drug-likeness (QED) is 0.379. The predicted molar refractivity (Wildman–Crippen MR) is 133 cm³/mol. The van der Waals surface area contributed by atoms with E-state index in [-0.39, 0.29) is 17.5 Å². The Bertz CT molecular complexity index is 1530. The Balaban J connectivity index is 1.72. The SMILES string of the molecule is CNc1cccc2cc(C(C)Nc3nc(N)nc4cccnc34)n(-c3ccccc3)c(=O)c12. The molecule has 0 amide bonds. The van der Waals surface area contributed by atoms with E-state index in [0.29, 0.717) is 22.2 Å². The number of pyridine rings is 2. The Kier molecular flexibility index (Phi) is 5.10. The minimum absolute atomic E-state index is 0.0996. The number of nitrogen functional groups attached to an aromatic ring is 1. The molecule has 5 aromatic rings. The maximum absolute atomic E-state index is 13.8. The molecule has 0 radical (unpaired) electrons. The molecular weight excluding hydrogens is 414 g/mol. The van der Waals surface area contributed by atoms with Gasteiger partial charge >= 0.3 is 0 Å². The van der Waals surface area contributed by atoms with Gasteiger partial charge in [-0.05, 0) is 48.7 Å². The molecule has 0 aliphatic rings. The average Bonchev–Trinajstić information content (AvgIpc) is 2.83. The first-order chi connectivity index (χ1) is 16.1. The molecule has 5 rings (SSSR count). The number of nitrogens with two attached hydrogens (primary N) is 1. The van der Waals surface area contributed by atoms with Crippen molar-refractivity contribution in [2.24, 2.45) is 0 Å². The third-order valence-electron chi connectivity index (χ3n) is 5.63. The van der Waals surface area contributed by atoms with E-state index in [1.54, 1.807) is 16.8 Å². The highest BCUT2D eigenvalue weighted by Gasteiger charge is 2.19. The molecule has 2 aromatic carbocycles. The van der Waals surface area contributed by atoms with Gasteiger partial charge in [0.2, 0.25) is 5.95 Å². The number of hydrogen-bond acceptors (Lipinski definition) is 7. The van der Waals surface area contributed by atoms with Crippen LogP contribution >= 0.6 is 0 Å². The van der Waals surface area contributed by atoms with Gasteiger partial charge in [-0.1, -0.05) is 30.3 Å². The van der Waals surface area contributed by atoms with Gasteiger partial charge in [-0.3, -0.25) is 14.3 Å². The van der Waals surface area contributed by atoms with Crippen LogP contribution in [0.3, 0.4) is 0 Å². The standard InChI is InChI=1S/C25H23N7O/c1-15(29-23-22-19(12-7-13-28-22)30-25(26)31-23)20-14-16-8-6-11-18(27-2)21(16)24(33)32(20)17-9-4-3-5-10-17/h3-15,27H,1-2H3,(H3,26,29,30,31). The van der Waals surface area contributed by atoms with Crippen LogP contribution in [0.15, 0.2) is 77.7 Å². The third kappa shape index (κ3) is 3.61. The Labute approximate surface area is 190 Å². The van der Waals surface area contributed by atoms with Crippen LogP contribution in [0.5, 0.6) is 0 Å². The number of nitrogens with zero attached hydrogens (tertiary/aromatic N) is 4. The van der Waals surface area contributed by atoms with Gasteiger partial charge in [0, 0.05) is 30.3 Å². The van der Waals surface area contributed by atoms with E-state index in [1.165, 1.54) is 0 Å². The van der Waals surface area contributed by atoms with Gasteiger partial charge in [-0.15, -0.1) is 0 Å². The van der Waals surface area contributed by atoms with Crippen molar-refractivity contribution in [3.8, 4) is 5.69 Å². The number of para-hydroxylation sites is 1. The molecule has 0 aliphatic heterocycles. The van der Waals surface area contributed by atoms with E-state index in [2.05, 4.69) is 25.6 Å². The van der Waals surface area contributed by atoms with Crippen molar-refractivity contribution in [1.82, 2.24) is 19.5 Å². The van der Waals surface area contributed by atoms with Crippen molar-refractivity contribution in [2.75, 3.05) is 23.4 Å². The van der Waals surface area contributed by atoms with Crippen molar-refractivity contribution in [2.45, 2.75) is 13.0 Å². The summed E-state index contributed by atoms with van der Waals surface area (Å²) >= 11 is 0. The lowest BCUT2D eigenvalue weighted by Gasteiger charge is -2.22. The molecule has 0 spiro atoms. The second-order valence-electron chi connectivity index (χ2n) is 7.73. The van der Waals surface area contributed by atoms with Gasteiger partial charge < -0.3 is 16.4 Å². The molecule has 0 aliphatic carbocycles. The Hall–Kier alpha value is -4.46. The lowest BCUT2D eigenvalue weighted by Crippen LogP contribution is -2.26. The number of nitrogens with one attached hydrogen (secondary N) is 2. The summed E-state index contributed by atoms with van der Waals surface area (Å²) in [5.41, 5.74) is 9.46. The summed E-state index contributed by atoms with van der Waals surface area (Å²) < 4.78 is 1.74. The van der Waals surface area contributed by atoms with Crippen molar-refractivity contribution in [3.05, 3.63) is 89.0 Å². The maximum Gasteiger partial charge on any atom is 0.265 e. The van der Waals surface area contributed by atoms with Crippen LogP contribution in [0.1, 0.15) is 18.7 Å². The van der Waals surface area contributed by atoms with Crippen molar-refractivity contribution in [3.63, 3.8) is 0 Å². The van der Waals surface area contributed by atoms with E-state index in [1.807, 2.05) is 74.6 Å². The van der Waals surface area contributed by atoms with Gasteiger partial charge in [0.15, 0.2) is 5.82 Å². The highest BCUT2D eigenvalue weighted by atomic mass is 16.1. The largest absolute Gasteiger partial charge is 0.387 e. The molecule has 8 heteroatoms. The molecule has 0 saturated carbocycles. The molecular formula is C25H23N7O. The molecule has 0 fully saturated rings. The molecule has 4 N–H and O–H groups in total. The molecule has 3 aromatic heterocycles. The van der Waals surface area contributed by atoms with Crippen molar-refractivity contribution < 1.29 is 0 Å². The maximum atomic E-state index is 13.8. The number of benzene rings is 2. The van der Waals surface area contributed by atoms with Crippen LogP contribution in [0.25, 0.3) is 27.5 Å². The summed E-state index contributed by atoms with van der Waals surface area (Å²) in [6, 6.07) is 20.8. The minimum atomic E-state index is -0.292. The summed E-state index contributed by atoms with van der Waals surface area (Å²) in [6.45, 7) is 1.98. The third-order valence-corrected chi connectivity index (χ3v) is 5.63. The van der Waals surface area contributed by atoms with Crippen LogP contribution in [-0.4, -0.2) is 26.6 Å². The monoisotopic (exact) mass is 437 g/mol. The Morgan fingerprint density at radius 1 is 1.00 bits per heavy atom. The molecule has 3 heterocycles. The number of hydrogen-bond donors (Lipinski definition) is 3. The fourth-order valence-electron chi connectivity index (χ4n) is 4.12. The van der Waals surface area contributed by atoms with Crippen LogP contribution in [0, 0.1) is 0 Å². The first-order valence-electron chi connectivity index (χ1n) is 10.6. The summed E-state index contributed by atoms with van der Waals surface area (Å²) in [4.78, 5) is 26.8. The van der Waals surface area contributed by atoms with Crippen LogP contribution in [0.4, 0.5) is 17.5 Å². The molecule has 0 saturated heterocycles. The zero-order valence-electron chi connectivity index (χ0n) is 18.3. The van der Waals surface area contributed by atoms with Gasteiger partial charge in [0.05, 0.1) is 16.9 Å². The number of fused-ring (bicyclic) bond motifs is 2. The van der Waals surface area contributed by atoms with Gasteiger partial charge in [-0.25, -0.2) is 4.98 Å². The topological polar surface area (TPSA) is 111 Å². The summed E-state index contributed by atoms with van der Waals surface area (Å²) in [6.07, 6.45) is 1.69. The van der Waals surface area contributed by atoms with E-state index >= 15 is 0 Å². The zero-order valence-corrected chi connectivity index (χ0v) is 18.3. The lowest BCUT2D eigenvalue weighted by molar-refractivity contribution is 0.774. The fraction of sp³-hybridized carbons (Fsp3) is 0.120. The van der Waals surface area contributed by atoms with Gasteiger partial charge in [-0.2, -0.15) is 4.98 Å². The van der Waals surface area contributed by atoms with E-state index in [9.17, 15) is 4.79 Å². The number of rotatable bonds is 5. The highest BCUT2D eigenvalue weighted by Crippen LogP contribution is 2.28. The van der Waals surface area contributed by atoms with Gasteiger partial charge in [0.25, 0.3) is 5.56 Å². The molecule has 1 unspecified atom stereocenters. The molecule has 33 heavy (non-hydrogen) atoms. The highest BCUT2D eigenvalue weighted by molar-refractivity contribution is 5.94. The Morgan fingerprint density at radius 3 is 2.61 bits per heavy atom. The average molecular weight is 438 g/mol. The number of anilines is 3. The van der Waals surface area contributed by atoms with Crippen molar-refractivity contribution in [1.29, 1.82) is 0 Å². The molecule has 8 nitrogen and oxygen atoms in total. The van der Waals surface area contributed by atoms with Gasteiger partial charge in [0.1, 0.15) is 5.52 Å². The van der Waals surface area contributed by atoms with Crippen LogP contribution in [-0.2, 0) is 0 Å². The second kappa shape index (κ2) is 8.23. The summed E-state index contributed by atoms with van der Waals surface area (Å²) in [5, 5.41) is 8.03. The lowest BCUT2D eigenvalue weighted by atomic mass is 10.1. The number of aromatic nitrogens is 4. The first kappa shape index (κ1) is 20.4. The predicted octanol–water partition coefficient (Wildman–Crippen LogP) is 4.13. The summed E-state index contributed by atoms with van der Waals surface area (Å²) in [5.74, 6) is 0.671. The molecule has 164 valence electrons. The van der Waals surface area contributed by atoms with Crippen LogP contribution in [0.2, 0.25) is 0 Å². The minimum Gasteiger partial charge on any atom is -0.387 e. The molecule has 1 atom stereocenters. The first-order valence-corrected chi connectivity index (χ1v) is 10.6. The fourth-order valence-corrected chi connectivity index (χ4v) is 4.12. The molecule has 0 bridgehead atoms. The van der Waals surface area contributed by atoms with Crippen LogP contribution < -0.4 is 21.9 Å². The van der Waals surface area contributed by atoms with E-state index < -0.39 is 0 Å². The van der Waals surface area contributed by atoms with E-state index in [0.717, 1.165) is 22.5 Å². The second-order valence-corrected chi connectivity index (χ2v) is 7.73. The van der Waals surface area contributed by atoms with Crippen molar-refractivity contribution >= 4 is 39.3 Å². The Morgan fingerprint density at radius 2 is 1.82 bits per heavy atom. The normalized spacial score (nSPS) is 12.1. The van der Waals surface area contributed by atoms with E-state index in [4.69, 9.17) is 5.73 Å². The zero-order chi connectivity index (χ0) is 22.9. The smallest absolute Gasteiger partial charge is 0.265 e.